The number of carboxylic acid groups (broad SMARTS) is 1. The molecule has 114 valence electrons. The van der Waals surface area contributed by atoms with Gasteiger partial charge in [0, 0.05) is 11.4 Å². The molecule has 0 radical (unpaired) electrons. The van der Waals surface area contributed by atoms with Crippen molar-refractivity contribution in [1.29, 1.82) is 0 Å². The largest absolute Gasteiger partial charge is 0.480 e. The van der Waals surface area contributed by atoms with Crippen LogP contribution in [-0.2, 0) is 14.4 Å². The minimum atomic E-state index is -1.12. The molecular formula is C14H18N2O4S. The molecule has 0 aromatic heterocycles. The van der Waals surface area contributed by atoms with Crippen LogP contribution in [0, 0.1) is 13.8 Å². The molecule has 1 aromatic rings. The van der Waals surface area contributed by atoms with Gasteiger partial charge in [-0.15, -0.1) is 11.8 Å². The molecule has 7 heteroatoms. The second-order valence-corrected chi connectivity index (χ2v) is 5.59. The molecule has 1 unspecified atom stereocenters. The molecule has 0 bridgehead atoms. The van der Waals surface area contributed by atoms with Gasteiger partial charge in [-0.3, -0.25) is 9.59 Å². The zero-order chi connectivity index (χ0) is 15.8. The van der Waals surface area contributed by atoms with Crippen molar-refractivity contribution >= 4 is 35.7 Å². The number of nitrogens with one attached hydrogen (secondary N) is 2. The summed E-state index contributed by atoms with van der Waals surface area (Å²) in [5.41, 5.74) is 2.83. The highest BCUT2D eigenvalue weighted by Crippen LogP contribution is 2.16. The van der Waals surface area contributed by atoms with E-state index in [1.807, 2.05) is 32.0 Å². The van der Waals surface area contributed by atoms with Gasteiger partial charge in [0.1, 0.15) is 6.04 Å². The van der Waals surface area contributed by atoms with E-state index in [2.05, 4.69) is 10.6 Å². The van der Waals surface area contributed by atoms with Crippen molar-refractivity contribution in [2.75, 3.05) is 16.8 Å². The van der Waals surface area contributed by atoms with E-state index in [0.29, 0.717) is 6.41 Å². The number of hydrogen-bond donors (Lipinski definition) is 3. The van der Waals surface area contributed by atoms with Gasteiger partial charge >= 0.3 is 5.97 Å². The monoisotopic (exact) mass is 310 g/mol. The summed E-state index contributed by atoms with van der Waals surface area (Å²) in [6, 6.07) is 4.73. The maximum Gasteiger partial charge on any atom is 0.327 e. The molecule has 3 N–H and O–H groups in total. The number of rotatable bonds is 8. The van der Waals surface area contributed by atoms with Gasteiger partial charge in [-0.1, -0.05) is 17.7 Å². The van der Waals surface area contributed by atoms with E-state index in [4.69, 9.17) is 5.11 Å². The summed E-state index contributed by atoms with van der Waals surface area (Å²) < 4.78 is 0. The molecule has 2 amide bonds. The number of carboxylic acids is 1. The number of anilines is 1. The molecule has 1 atom stereocenters. The van der Waals surface area contributed by atoms with E-state index in [0.717, 1.165) is 28.6 Å². The third-order valence-corrected chi connectivity index (χ3v) is 3.78. The number of carbonyl (C=O) groups excluding carboxylic acids is 2. The minimum absolute atomic E-state index is 0.123. The maximum atomic E-state index is 11.8. The Hall–Kier alpha value is -2.02. The second kappa shape index (κ2) is 8.31. The maximum absolute atomic E-state index is 11.8. The lowest BCUT2D eigenvalue weighted by Crippen LogP contribution is -2.38. The molecule has 1 aromatic carbocycles. The first-order valence-corrected chi connectivity index (χ1v) is 7.47. The van der Waals surface area contributed by atoms with E-state index in [9.17, 15) is 14.4 Å². The minimum Gasteiger partial charge on any atom is -0.480 e. The van der Waals surface area contributed by atoms with Crippen molar-refractivity contribution < 1.29 is 19.5 Å². The Morgan fingerprint density at radius 1 is 1.38 bits per heavy atom. The van der Waals surface area contributed by atoms with Crippen LogP contribution in [0.25, 0.3) is 0 Å². The average Bonchev–Trinajstić information content (AvgIpc) is 2.41. The fraction of sp³-hybridized carbons (Fsp3) is 0.357. The van der Waals surface area contributed by atoms with Crippen molar-refractivity contribution in [2.24, 2.45) is 0 Å². The summed E-state index contributed by atoms with van der Waals surface area (Å²) in [4.78, 5) is 32.8. The second-order valence-electron chi connectivity index (χ2n) is 4.56. The SMILES string of the molecule is Cc1ccc(NC(=O)CSCC(NC=O)C(=O)O)c(C)c1. The summed E-state index contributed by atoms with van der Waals surface area (Å²) in [6.45, 7) is 3.88. The Bertz CT molecular complexity index is 534. The number of aliphatic carboxylic acids is 1. The standard InChI is InChI=1S/C14H18N2O4S/c1-9-3-4-11(10(2)5-9)16-13(18)7-21-6-12(14(19)20)15-8-17/h3-5,8,12H,6-7H2,1-2H3,(H,15,17)(H,16,18)(H,19,20). The van der Waals surface area contributed by atoms with Crippen molar-refractivity contribution in [2.45, 2.75) is 19.9 Å². The van der Waals surface area contributed by atoms with E-state index in [1.54, 1.807) is 0 Å². The third kappa shape index (κ3) is 5.86. The smallest absolute Gasteiger partial charge is 0.327 e. The zero-order valence-electron chi connectivity index (χ0n) is 11.9. The highest BCUT2D eigenvalue weighted by atomic mass is 32.2. The lowest BCUT2D eigenvalue weighted by molar-refractivity contribution is -0.139. The van der Waals surface area contributed by atoms with Crippen LogP contribution in [0.1, 0.15) is 11.1 Å². The van der Waals surface area contributed by atoms with Gasteiger partial charge in [-0.05, 0) is 25.5 Å². The van der Waals surface area contributed by atoms with Crippen molar-refractivity contribution in [3.05, 3.63) is 29.3 Å². The van der Waals surface area contributed by atoms with Gasteiger partial charge in [0.25, 0.3) is 0 Å². The molecule has 0 spiro atoms. The molecule has 0 heterocycles. The van der Waals surface area contributed by atoms with E-state index >= 15 is 0 Å². The van der Waals surface area contributed by atoms with Crippen molar-refractivity contribution in [3.63, 3.8) is 0 Å². The van der Waals surface area contributed by atoms with Gasteiger partial charge in [0.05, 0.1) is 5.75 Å². The molecule has 0 saturated carbocycles. The van der Waals surface area contributed by atoms with Crippen LogP contribution >= 0.6 is 11.8 Å². The number of hydrogen-bond acceptors (Lipinski definition) is 4. The van der Waals surface area contributed by atoms with Crippen LogP contribution in [0.15, 0.2) is 18.2 Å². The van der Waals surface area contributed by atoms with Crippen LogP contribution in [-0.4, -0.2) is 40.9 Å². The van der Waals surface area contributed by atoms with Crippen LogP contribution < -0.4 is 10.6 Å². The molecule has 0 aliphatic heterocycles. The Morgan fingerprint density at radius 3 is 2.67 bits per heavy atom. The summed E-state index contributed by atoms with van der Waals surface area (Å²) in [5.74, 6) is -1.07. The summed E-state index contributed by atoms with van der Waals surface area (Å²) in [7, 11) is 0. The first-order valence-electron chi connectivity index (χ1n) is 6.31. The lowest BCUT2D eigenvalue weighted by atomic mass is 10.1. The molecular weight excluding hydrogens is 292 g/mol. The molecule has 0 fully saturated rings. The Balaban J connectivity index is 2.43. The zero-order valence-corrected chi connectivity index (χ0v) is 12.7. The Morgan fingerprint density at radius 2 is 2.10 bits per heavy atom. The van der Waals surface area contributed by atoms with Gasteiger partial charge < -0.3 is 15.7 Å². The molecule has 6 nitrogen and oxygen atoms in total. The number of amides is 2. The molecule has 0 aliphatic rings. The Labute approximate surface area is 127 Å². The van der Waals surface area contributed by atoms with Gasteiger partial charge in [0.2, 0.25) is 12.3 Å². The van der Waals surface area contributed by atoms with Crippen molar-refractivity contribution in [1.82, 2.24) is 5.32 Å². The number of carbonyl (C=O) groups is 3. The molecule has 0 saturated heterocycles. The van der Waals surface area contributed by atoms with E-state index in [1.165, 1.54) is 0 Å². The highest BCUT2D eigenvalue weighted by Gasteiger charge is 2.16. The van der Waals surface area contributed by atoms with E-state index in [-0.39, 0.29) is 17.4 Å². The molecule has 1 rings (SSSR count). The predicted molar refractivity (Wildman–Crippen MR) is 82.5 cm³/mol. The fourth-order valence-electron chi connectivity index (χ4n) is 1.68. The molecule has 21 heavy (non-hydrogen) atoms. The Kier molecular flexibility index (Phi) is 6.74. The average molecular weight is 310 g/mol. The van der Waals surface area contributed by atoms with Gasteiger partial charge in [-0.25, -0.2) is 4.79 Å². The number of thioether (sulfide) groups is 1. The third-order valence-electron chi connectivity index (χ3n) is 2.74. The molecule has 0 aliphatic carbocycles. The topological polar surface area (TPSA) is 95.5 Å². The highest BCUT2D eigenvalue weighted by molar-refractivity contribution is 8.00. The van der Waals surface area contributed by atoms with Crippen molar-refractivity contribution in [3.8, 4) is 0 Å². The van der Waals surface area contributed by atoms with Crippen LogP contribution in [0.4, 0.5) is 5.69 Å². The van der Waals surface area contributed by atoms with Gasteiger partial charge in [0.15, 0.2) is 0 Å². The first-order chi connectivity index (χ1) is 9.93. The summed E-state index contributed by atoms with van der Waals surface area (Å²) in [6.07, 6.45) is 0.342. The lowest BCUT2D eigenvalue weighted by Gasteiger charge is -2.11. The number of aryl methyl sites for hydroxylation is 2. The number of benzene rings is 1. The van der Waals surface area contributed by atoms with Gasteiger partial charge in [-0.2, -0.15) is 0 Å². The summed E-state index contributed by atoms with van der Waals surface area (Å²) >= 11 is 1.15. The van der Waals surface area contributed by atoms with E-state index < -0.39 is 12.0 Å². The van der Waals surface area contributed by atoms with Crippen LogP contribution in [0.2, 0.25) is 0 Å². The normalized spacial score (nSPS) is 11.5. The fourth-order valence-corrected chi connectivity index (χ4v) is 2.53. The quantitative estimate of drug-likeness (QED) is 0.627. The predicted octanol–water partition coefficient (Wildman–Crippen LogP) is 1.17. The first kappa shape index (κ1) is 17.0. The van der Waals surface area contributed by atoms with Crippen LogP contribution in [0.3, 0.4) is 0 Å². The van der Waals surface area contributed by atoms with Crippen LogP contribution in [0.5, 0.6) is 0 Å². The summed E-state index contributed by atoms with van der Waals surface area (Å²) in [5, 5.41) is 13.8.